The van der Waals surface area contributed by atoms with E-state index in [1.165, 1.54) is 0 Å². The summed E-state index contributed by atoms with van der Waals surface area (Å²) in [5, 5.41) is 9.75. The third-order valence-electron chi connectivity index (χ3n) is 3.19. The van der Waals surface area contributed by atoms with Gasteiger partial charge in [0.15, 0.2) is 5.82 Å². The van der Waals surface area contributed by atoms with Crippen molar-refractivity contribution >= 4 is 11.6 Å². The molecule has 2 unspecified atom stereocenters. The van der Waals surface area contributed by atoms with Gasteiger partial charge in [-0.1, -0.05) is 19.1 Å². The fraction of sp³-hybridized carbons (Fsp3) is 0.357. The Morgan fingerprint density at radius 2 is 2.15 bits per heavy atom. The maximum atomic E-state index is 12.0. The highest BCUT2D eigenvalue weighted by Crippen LogP contribution is 2.19. The van der Waals surface area contributed by atoms with Crippen LogP contribution in [0.5, 0.6) is 0 Å². The average molecular weight is 273 g/mol. The van der Waals surface area contributed by atoms with Crippen LogP contribution >= 0.6 is 0 Å². The maximum absolute atomic E-state index is 12.0. The lowest BCUT2D eigenvalue weighted by Gasteiger charge is -2.15. The second-order valence-electron chi connectivity index (χ2n) is 4.96. The van der Waals surface area contributed by atoms with Gasteiger partial charge < -0.3 is 11.1 Å². The van der Waals surface area contributed by atoms with Gasteiger partial charge in [-0.25, -0.2) is 4.98 Å². The number of rotatable bonds is 4. The molecule has 20 heavy (non-hydrogen) atoms. The van der Waals surface area contributed by atoms with Crippen LogP contribution in [0.3, 0.4) is 0 Å². The molecule has 0 aliphatic heterocycles. The zero-order valence-electron chi connectivity index (χ0n) is 11.8. The minimum Gasteiger partial charge on any atom is -0.327 e. The number of nitrogens with one attached hydrogen (secondary N) is 2. The van der Waals surface area contributed by atoms with E-state index in [9.17, 15) is 4.79 Å². The summed E-state index contributed by atoms with van der Waals surface area (Å²) in [6, 6.07) is 7.23. The molecule has 2 atom stereocenters. The van der Waals surface area contributed by atoms with Crippen LogP contribution in [0, 0.1) is 12.8 Å². The second-order valence-corrected chi connectivity index (χ2v) is 4.96. The van der Waals surface area contributed by atoms with Crippen molar-refractivity contribution in [1.29, 1.82) is 0 Å². The first-order chi connectivity index (χ1) is 9.47. The van der Waals surface area contributed by atoms with E-state index in [-0.39, 0.29) is 17.9 Å². The Morgan fingerprint density at radius 1 is 1.40 bits per heavy atom. The zero-order valence-corrected chi connectivity index (χ0v) is 11.8. The molecule has 1 aromatic carbocycles. The molecule has 1 heterocycles. The van der Waals surface area contributed by atoms with Gasteiger partial charge in [0.05, 0.1) is 5.92 Å². The van der Waals surface area contributed by atoms with Gasteiger partial charge in [-0.3, -0.25) is 9.89 Å². The predicted molar refractivity (Wildman–Crippen MR) is 78.0 cm³/mol. The van der Waals surface area contributed by atoms with Crippen molar-refractivity contribution in [1.82, 2.24) is 15.2 Å². The summed E-state index contributed by atoms with van der Waals surface area (Å²) >= 11 is 0. The van der Waals surface area contributed by atoms with Gasteiger partial charge in [0.1, 0.15) is 5.82 Å². The zero-order chi connectivity index (χ0) is 14.7. The van der Waals surface area contributed by atoms with Crippen molar-refractivity contribution < 1.29 is 4.79 Å². The fourth-order valence-corrected chi connectivity index (χ4v) is 1.70. The molecule has 0 aliphatic rings. The Bertz CT molecular complexity index is 605. The lowest BCUT2D eigenvalue weighted by molar-refractivity contribution is -0.119. The Hall–Kier alpha value is -2.21. The van der Waals surface area contributed by atoms with Gasteiger partial charge in [0.2, 0.25) is 5.91 Å². The molecular formula is C14H19N5O. The molecule has 106 valence electrons. The summed E-state index contributed by atoms with van der Waals surface area (Å²) in [6.45, 7) is 5.46. The van der Waals surface area contributed by atoms with E-state index in [1.54, 1.807) is 0 Å². The van der Waals surface area contributed by atoms with Crippen LogP contribution in [0.4, 0.5) is 5.69 Å². The minimum atomic E-state index is -0.246. The molecular weight excluding hydrogens is 254 g/mol. The van der Waals surface area contributed by atoms with E-state index in [0.29, 0.717) is 11.5 Å². The molecule has 6 heteroatoms. The number of hydrogen-bond acceptors (Lipinski definition) is 4. The fourth-order valence-electron chi connectivity index (χ4n) is 1.70. The number of aryl methyl sites for hydroxylation is 1. The highest BCUT2D eigenvalue weighted by Gasteiger charge is 2.17. The van der Waals surface area contributed by atoms with E-state index in [2.05, 4.69) is 20.5 Å². The predicted octanol–water partition coefficient (Wildman–Crippen LogP) is 1.70. The first kappa shape index (κ1) is 14.2. The summed E-state index contributed by atoms with van der Waals surface area (Å²) in [7, 11) is 0. The molecule has 2 rings (SSSR count). The summed E-state index contributed by atoms with van der Waals surface area (Å²) in [4.78, 5) is 16.2. The lowest BCUT2D eigenvalue weighted by Crippen LogP contribution is -2.34. The second kappa shape index (κ2) is 5.83. The Kier molecular flexibility index (Phi) is 4.14. The van der Waals surface area contributed by atoms with Crippen LogP contribution in [0.2, 0.25) is 0 Å². The topological polar surface area (TPSA) is 96.7 Å². The molecule has 0 spiro atoms. The molecule has 6 nitrogen and oxygen atoms in total. The maximum Gasteiger partial charge on any atom is 0.228 e. The molecule has 0 radical (unpaired) electrons. The smallest absolute Gasteiger partial charge is 0.228 e. The number of carbonyl (C=O) groups excluding carboxylic acids is 1. The van der Waals surface area contributed by atoms with Gasteiger partial charge in [-0.2, -0.15) is 5.10 Å². The van der Waals surface area contributed by atoms with Crippen molar-refractivity contribution in [3.63, 3.8) is 0 Å². The largest absolute Gasteiger partial charge is 0.327 e. The van der Waals surface area contributed by atoms with Crippen molar-refractivity contribution in [3.05, 3.63) is 30.1 Å². The van der Waals surface area contributed by atoms with Crippen LogP contribution < -0.4 is 11.1 Å². The van der Waals surface area contributed by atoms with E-state index < -0.39 is 0 Å². The molecule has 0 saturated heterocycles. The van der Waals surface area contributed by atoms with Crippen LogP contribution in [-0.4, -0.2) is 27.1 Å². The van der Waals surface area contributed by atoms with Crippen molar-refractivity contribution in [2.45, 2.75) is 26.8 Å². The average Bonchev–Trinajstić information content (AvgIpc) is 2.84. The molecule has 2 aromatic rings. The number of nitrogens with zero attached hydrogens (tertiary/aromatic N) is 2. The summed E-state index contributed by atoms with van der Waals surface area (Å²) in [6.07, 6.45) is 0. The monoisotopic (exact) mass is 273 g/mol. The Balaban J connectivity index is 2.16. The Labute approximate surface area is 117 Å². The molecule has 0 saturated carbocycles. The van der Waals surface area contributed by atoms with Crippen LogP contribution in [0.15, 0.2) is 24.3 Å². The van der Waals surface area contributed by atoms with Gasteiger partial charge in [0, 0.05) is 17.3 Å². The number of nitrogens with two attached hydrogens (primary N) is 1. The summed E-state index contributed by atoms with van der Waals surface area (Å²) in [5.74, 6) is 1.02. The van der Waals surface area contributed by atoms with E-state index >= 15 is 0 Å². The molecule has 1 amide bonds. The van der Waals surface area contributed by atoms with E-state index in [4.69, 9.17) is 5.73 Å². The van der Waals surface area contributed by atoms with Crippen LogP contribution in [0.25, 0.3) is 11.4 Å². The normalized spacial score (nSPS) is 13.8. The number of amides is 1. The van der Waals surface area contributed by atoms with E-state index in [0.717, 1.165) is 11.4 Å². The number of anilines is 1. The summed E-state index contributed by atoms with van der Waals surface area (Å²) in [5.41, 5.74) is 7.29. The molecule has 4 N–H and O–H groups in total. The molecule has 0 aliphatic carbocycles. The highest BCUT2D eigenvalue weighted by molar-refractivity contribution is 5.93. The van der Waals surface area contributed by atoms with Gasteiger partial charge in [-0.05, 0) is 26.0 Å². The molecule has 1 aromatic heterocycles. The van der Waals surface area contributed by atoms with Crippen LogP contribution in [0.1, 0.15) is 19.7 Å². The van der Waals surface area contributed by atoms with Gasteiger partial charge >= 0.3 is 0 Å². The molecule has 0 bridgehead atoms. The Morgan fingerprint density at radius 3 is 2.75 bits per heavy atom. The number of H-pyrrole nitrogens is 1. The number of hydrogen-bond donors (Lipinski definition) is 3. The SMILES string of the molecule is Cc1nc(-c2cccc(NC(=O)C(C)C(C)N)c2)n[nH]1. The first-order valence-electron chi connectivity index (χ1n) is 6.53. The number of benzene rings is 1. The lowest BCUT2D eigenvalue weighted by atomic mass is 10.0. The standard InChI is InChI=1S/C14H19N5O/c1-8(9(2)15)14(20)17-12-6-4-5-11(7-12)13-16-10(3)18-19-13/h4-9H,15H2,1-3H3,(H,17,20)(H,16,18,19). The third-order valence-corrected chi connectivity index (χ3v) is 3.19. The molecule has 0 fully saturated rings. The van der Waals surface area contributed by atoms with E-state index in [1.807, 2.05) is 45.0 Å². The number of carbonyl (C=O) groups is 1. The van der Waals surface area contributed by atoms with Crippen molar-refractivity contribution in [2.75, 3.05) is 5.32 Å². The van der Waals surface area contributed by atoms with Crippen molar-refractivity contribution in [2.24, 2.45) is 11.7 Å². The number of aromatic nitrogens is 3. The first-order valence-corrected chi connectivity index (χ1v) is 6.53. The third kappa shape index (κ3) is 3.21. The van der Waals surface area contributed by atoms with Gasteiger partial charge in [-0.15, -0.1) is 0 Å². The minimum absolute atomic E-state index is 0.0942. The number of aromatic amines is 1. The van der Waals surface area contributed by atoms with Crippen LogP contribution in [-0.2, 0) is 4.79 Å². The van der Waals surface area contributed by atoms with Crippen molar-refractivity contribution in [3.8, 4) is 11.4 Å². The van der Waals surface area contributed by atoms with Gasteiger partial charge in [0.25, 0.3) is 0 Å². The summed E-state index contributed by atoms with van der Waals surface area (Å²) < 4.78 is 0. The highest BCUT2D eigenvalue weighted by atomic mass is 16.1. The quantitative estimate of drug-likeness (QED) is 0.790.